The zero-order valence-electron chi connectivity index (χ0n) is 13.0. The minimum atomic E-state index is 0.130. The van der Waals surface area contributed by atoms with Crippen molar-refractivity contribution < 1.29 is 9.15 Å². The summed E-state index contributed by atoms with van der Waals surface area (Å²) in [6, 6.07) is 12.1. The largest absolute Gasteiger partial charge is 0.491 e. The molecule has 0 saturated heterocycles. The summed E-state index contributed by atoms with van der Waals surface area (Å²) >= 11 is 0. The van der Waals surface area contributed by atoms with E-state index in [-0.39, 0.29) is 12.1 Å². The number of hydrogen-bond acceptors (Lipinski definition) is 4. The molecule has 1 unspecified atom stereocenters. The second-order valence-corrected chi connectivity index (χ2v) is 5.49. The minimum absolute atomic E-state index is 0.130. The molecule has 21 heavy (non-hydrogen) atoms. The van der Waals surface area contributed by atoms with Gasteiger partial charge >= 0.3 is 0 Å². The van der Waals surface area contributed by atoms with Gasteiger partial charge in [0, 0.05) is 12.6 Å². The molecule has 1 aromatic carbocycles. The van der Waals surface area contributed by atoms with Crippen molar-refractivity contribution in [2.75, 3.05) is 13.6 Å². The molecule has 1 atom stereocenters. The van der Waals surface area contributed by atoms with Gasteiger partial charge < -0.3 is 14.9 Å². The number of hydrogen-bond donors (Lipinski definition) is 1. The van der Waals surface area contributed by atoms with Gasteiger partial charge in [-0.2, -0.15) is 0 Å². The molecule has 4 nitrogen and oxygen atoms in total. The van der Waals surface area contributed by atoms with Gasteiger partial charge in [-0.25, -0.2) is 0 Å². The first-order valence-corrected chi connectivity index (χ1v) is 7.29. The molecule has 0 aliphatic rings. The summed E-state index contributed by atoms with van der Waals surface area (Å²) in [7, 11) is 2.05. The first-order valence-electron chi connectivity index (χ1n) is 7.29. The highest BCUT2D eigenvalue weighted by molar-refractivity contribution is 5.31. The summed E-state index contributed by atoms with van der Waals surface area (Å²) in [5.74, 6) is 1.82. The quantitative estimate of drug-likeness (QED) is 0.850. The van der Waals surface area contributed by atoms with E-state index >= 15 is 0 Å². The van der Waals surface area contributed by atoms with Gasteiger partial charge in [0.1, 0.15) is 11.5 Å². The number of rotatable bonds is 7. The first kappa shape index (κ1) is 15.6. The molecule has 0 radical (unpaired) electrons. The Balaban J connectivity index is 2.12. The zero-order chi connectivity index (χ0) is 15.2. The fraction of sp³-hybridized carbons (Fsp3) is 0.412. The van der Waals surface area contributed by atoms with E-state index in [0.29, 0.717) is 6.54 Å². The van der Waals surface area contributed by atoms with E-state index in [2.05, 4.69) is 24.1 Å². The van der Waals surface area contributed by atoms with Gasteiger partial charge in [0.05, 0.1) is 18.9 Å². The average molecular weight is 288 g/mol. The molecule has 0 aliphatic carbocycles. The molecule has 0 spiro atoms. The predicted octanol–water partition coefficient (Wildman–Crippen LogP) is 3.20. The average Bonchev–Trinajstić information content (AvgIpc) is 2.92. The first-order chi connectivity index (χ1) is 10.1. The molecule has 0 amide bonds. The van der Waals surface area contributed by atoms with Crippen LogP contribution in [-0.2, 0) is 6.54 Å². The van der Waals surface area contributed by atoms with Crippen LogP contribution in [0.15, 0.2) is 47.1 Å². The summed E-state index contributed by atoms with van der Waals surface area (Å²) in [5.41, 5.74) is 7.13. The van der Waals surface area contributed by atoms with E-state index in [9.17, 15) is 0 Å². The van der Waals surface area contributed by atoms with Gasteiger partial charge in [-0.15, -0.1) is 0 Å². The van der Waals surface area contributed by atoms with Crippen LogP contribution in [0.5, 0.6) is 5.75 Å². The number of benzene rings is 1. The van der Waals surface area contributed by atoms with Crippen molar-refractivity contribution in [2.45, 2.75) is 32.5 Å². The Morgan fingerprint density at radius 3 is 2.67 bits per heavy atom. The van der Waals surface area contributed by atoms with Crippen LogP contribution in [-0.4, -0.2) is 24.6 Å². The Morgan fingerprint density at radius 2 is 2.05 bits per heavy atom. The van der Waals surface area contributed by atoms with Crippen molar-refractivity contribution in [3.8, 4) is 5.75 Å². The molecule has 2 aromatic rings. The Morgan fingerprint density at radius 1 is 1.24 bits per heavy atom. The Kier molecular flexibility index (Phi) is 5.42. The number of nitrogens with zero attached hydrogens (tertiary/aromatic N) is 1. The van der Waals surface area contributed by atoms with Gasteiger partial charge in [-0.1, -0.05) is 12.1 Å². The highest BCUT2D eigenvalue weighted by Gasteiger charge is 2.17. The van der Waals surface area contributed by atoms with Gasteiger partial charge in [0.15, 0.2) is 0 Å². The molecule has 1 aromatic heterocycles. The fourth-order valence-electron chi connectivity index (χ4n) is 2.40. The van der Waals surface area contributed by atoms with Gasteiger partial charge in [-0.3, -0.25) is 4.90 Å². The minimum Gasteiger partial charge on any atom is -0.491 e. The third-order valence-corrected chi connectivity index (χ3v) is 3.36. The van der Waals surface area contributed by atoms with Gasteiger partial charge in [0.2, 0.25) is 0 Å². The molecule has 0 aliphatic heterocycles. The summed E-state index contributed by atoms with van der Waals surface area (Å²) in [6.07, 6.45) is 1.86. The smallest absolute Gasteiger partial charge is 0.120 e. The molecule has 0 saturated carbocycles. The van der Waals surface area contributed by atoms with E-state index in [1.54, 1.807) is 6.26 Å². The van der Waals surface area contributed by atoms with Gasteiger partial charge in [-0.05, 0) is 50.7 Å². The lowest BCUT2D eigenvalue weighted by molar-refractivity contribution is 0.220. The molecule has 0 bridgehead atoms. The summed E-state index contributed by atoms with van der Waals surface area (Å²) < 4.78 is 11.2. The number of ether oxygens (including phenoxy) is 1. The second kappa shape index (κ2) is 7.29. The van der Waals surface area contributed by atoms with Crippen LogP contribution in [0.4, 0.5) is 0 Å². The Labute approximate surface area is 126 Å². The second-order valence-electron chi connectivity index (χ2n) is 5.49. The van der Waals surface area contributed by atoms with E-state index in [1.165, 1.54) is 0 Å². The van der Waals surface area contributed by atoms with E-state index in [4.69, 9.17) is 14.9 Å². The molecule has 0 fully saturated rings. The van der Waals surface area contributed by atoms with Crippen LogP contribution in [0, 0.1) is 0 Å². The summed E-state index contributed by atoms with van der Waals surface area (Å²) in [4.78, 5) is 2.19. The topological polar surface area (TPSA) is 51.6 Å². The SMILES string of the molecule is CC(C)Oc1cccc(C(CN)N(C)Cc2ccco2)c1. The number of furan rings is 1. The molecule has 4 heteroatoms. The lowest BCUT2D eigenvalue weighted by Gasteiger charge is -2.27. The maximum atomic E-state index is 5.97. The summed E-state index contributed by atoms with van der Waals surface area (Å²) in [5, 5.41) is 0. The van der Waals surface area contributed by atoms with Crippen LogP contribution < -0.4 is 10.5 Å². The Bertz CT molecular complexity index is 537. The fourth-order valence-corrected chi connectivity index (χ4v) is 2.40. The third kappa shape index (κ3) is 4.34. The van der Waals surface area contributed by atoms with Crippen LogP contribution >= 0.6 is 0 Å². The molecule has 1 heterocycles. The normalized spacial score (nSPS) is 12.9. The standard InChI is InChI=1S/C17H24N2O2/c1-13(2)21-15-7-4-6-14(10-15)17(11-18)19(3)12-16-8-5-9-20-16/h4-10,13,17H,11-12,18H2,1-3H3. The molecule has 2 rings (SSSR count). The van der Waals surface area contributed by atoms with Crippen LogP contribution in [0.3, 0.4) is 0 Å². The molecule has 114 valence electrons. The Hall–Kier alpha value is -1.78. The molecule has 2 N–H and O–H groups in total. The third-order valence-electron chi connectivity index (χ3n) is 3.36. The monoisotopic (exact) mass is 288 g/mol. The van der Waals surface area contributed by atoms with Crippen molar-refractivity contribution in [1.82, 2.24) is 4.90 Å². The van der Waals surface area contributed by atoms with Crippen LogP contribution in [0.25, 0.3) is 0 Å². The van der Waals surface area contributed by atoms with Crippen molar-refractivity contribution >= 4 is 0 Å². The highest BCUT2D eigenvalue weighted by atomic mass is 16.5. The summed E-state index contributed by atoms with van der Waals surface area (Å²) in [6.45, 7) is 5.32. The predicted molar refractivity (Wildman–Crippen MR) is 84.2 cm³/mol. The maximum absolute atomic E-state index is 5.97. The molecular formula is C17H24N2O2. The lowest BCUT2D eigenvalue weighted by Crippen LogP contribution is -2.30. The van der Waals surface area contributed by atoms with E-state index < -0.39 is 0 Å². The van der Waals surface area contributed by atoms with E-state index in [1.807, 2.05) is 38.1 Å². The van der Waals surface area contributed by atoms with Crippen LogP contribution in [0.2, 0.25) is 0 Å². The van der Waals surface area contributed by atoms with E-state index in [0.717, 1.165) is 23.6 Å². The van der Waals surface area contributed by atoms with Gasteiger partial charge in [0.25, 0.3) is 0 Å². The highest BCUT2D eigenvalue weighted by Crippen LogP contribution is 2.24. The maximum Gasteiger partial charge on any atom is 0.120 e. The number of nitrogens with two attached hydrogens (primary N) is 1. The zero-order valence-corrected chi connectivity index (χ0v) is 13.0. The van der Waals surface area contributed by atoms with Crippen molar-refractivity contribution in [3.63, 3.8) is 0 Å². The lowest BCUT2D eigenvalue weighted by atomic mass is 10.1. The van der Waals surface area contributed by atoms with Crippen molar-refractivity contribution in [3.05, 3.63) is 54.0 Å². The number of likely N-dealkylation sites (N-methyl/N-ethyl adjacent to an activating group) is 1. The van der Waals surface area contributed by atoms with Crippen molar-refractivity contribution in [2.24, 2.45) is 5.73 Å². The molecular weight excluding hydrogens is 264 g/mol. The van der Waals surface area contributed by atoms with Crippen LogP contribution in [0.1, 0.15) is 31.2 Å². The van der Waals surface area contributed by atoms with Crippen molar-refractivity contribution in [1.29, 1.82) is 0 Å².